The third-order valence-electron chi connectivity index (χ3n) is 7.33. The van der Waals surface area contributed by atoms with Crippen molar-refractivity contribution in [1.82, 2.24) is 10.2 Å². The quantitative estimate of drug-likeness (QED) is 0.427. The van der Waals surface area contributed by atoms with Crippen molar-refractivity contribution < 1.29 is 4.79 Å². The maximum absolute atomic E-state index is 13.3. The third kappa shape index (κ3) is 7.97. The topological polar surface area (TPSA) is 32.3 Å². The predicted molar refractivity (Wildman–Crippen MR) is 149 cm³/mol. The molecule has 34 heavy (non-hydrogen) atoms. The summed E-state index contributed by atoms with van der Waals surface area (Å²) in [7, 11) is 0. The van der Waals surface area contributed by atoms with Gasteiger partial charge in [-0.05, 0) is 103 Å². The molecule has 1 heterocycles. The molecule has 1 aliphatic carbocycles. The number of aryl methyl sites for hydroxylation is 2. The fraction of sp³-hybridized carbons (Fsp3) is 0.710. The summed E-state index contributed by atoms with van der Waals surface area (Å²) < 4.78 is 0. The molecule has 1 N–H and O–H groups in total. The van der Waals surface area contributed by atoms with E-state index >= 15 is 0 Å². The Balaban J connectivity index is 0.00000137. The van der Waals surface area contributed by atoms with Crippen LogP contribution in [0.15, 0.2) is 30.9 Å². The first-order valence-corrected chi connectivity index (χ1v) is 13.9. The number of rotatable bonds is 6. The molecule has 0 spiro atoms. The minimum Gasteiger partial charge on any atom is -0.351 e. The van der Waals surface area contributed by atoms with Crippen LogP contribution >= 0.6 is 0 Å². The van der Waals surface area contributed by atoms with Crippen molar-refractivity contribution in [2.75, 3.05) is 13.1 Å². The van der Waals surface area contributed by atoms with E-state index in [4.69, 9.17) is 0 Å². The second kappa shape index (κ2) is 14.1. The Hall–Kier alpha value is -1.61. The van der Waals surface area contributed by atoms with Crippen LogP contribution in [-0.4, -0.2) is 29.4 Å². The zero-order chi connectivity index (χ0) is 25.9. The molecular formula is C31H54N2O. The zero-order valence-electron chi connectivity index (χ0n) is 23.9. The number of amides is 1. The predicted octanol–water partition coefficient (Wildman–Crippen LogP) is 8.02. The molecule has 1 amide bonds. The van der Waals surface area contributed by atoms with Gasteiger partial charge in [0.1, 0.15) is 0 Å². The number of hydrogen-bond acceptors (Lipinski definition) is 2. The molecule has 1 saturated heterocycles. The summed E-state index contributed by atoms with van der Waals surface area (Å²) in [4.78, 5) is 16.0. The van der Waals surface area contributed by atoms with Crippen molar-refractivity contribution in [1.29, 1.82) is 0 Å². The lowest BCUT2D eigenvalue weighted by molar-refractivity contribution is -0.136. The number of fused-ring (bicyclic) bond motifs is 1. The van der Waals surface area contributed by atoms with Gasteiger partial charge in [0.15, 0.2) is 0 Å². The van der Waals surface area contributed by atoms with Crippen LogP contribution in [0.5, 0.6) is 0 Å². The Morgan fingerprint density at radius 1 is 1.09 bits per heavy atom. The second-order valence-electron chi connectivity index (χ2n) is 10.9. The van der Waals surface area contributed by atoms with Crippen LogP contribution in [0.25, 0.3) is 0 Å². The van der Waals surface area contributed by atoms with Crippen molar-refractivity contribution >= 4 is 5.91 Å². The lowest BCUT2D eigenvalue weighted by Crippen LogP contribution is -2.53. The molecule has 0 saturated carbocycles. The van der Waals surface area contributed by atoms with Crippen LogP contribution in [0.1, 0.15) is 117 Å². The van der Waals surface area contributed by atoms with E-state index in [2.05, 4.69) is 69.6 Å². The Kier molecular flexibility index (Phi) is 12.6. The summed E-state index contributed by atoms with van der Waals surface area (Å²) in [5.74, 6) is 0.644. The number of carbonyl (C=O) groups is 1. The zero-order valence-corrected chi connectivity index (χ0v) is 23.9. The molecule has 2 aliphatic rings. The van der Waals surface area contributed by atoms with E-state index in [0.29, 0.717) is 12.0 Å². The molecule has 3 nitrogen and oxygen atoms in total. The first kappa shape index (κ1) is 30.4. The lowest BCUT2D eigenvalue weighted by atomic mass is 9.68. The van der Waals surface area contributed by atoms with Gasteiger partial charge in [-0.3, -0.25) is 9.69 Å². The van der Waals surface area contributed by atoms with Crippen molar-refractivity contribution in [2.45, 2.75) is 119 Å². The van der Waals surface area contributed by atoms with Crippen molar-refractivity contribution in [3.63, 3.8) is 0 Å². The van der Waals surface area contributed by atoms with Crippen LogP contribution in [0, 0.1) is 18.3 Å². The van der Waals surface area contributed by atoms with Gasteiger partial charge in [-0.1, -0.05) is 64.5 Å². The minimum atomic E-state index is -0.324. The minimum absolute atomic E-state index is 0.197. The average Bonchev–Trinajstić information content (AvgIpc) is 2.83. The molecule has 3 heteroatoms. The molecule has 0 bridgehead atoms. The molecule has 1 aliphatic heterocycles. The normalized spacial score (nSPS) is 20.4. The largest absolute Gasteiger partial charge is 0.351 e. The van der Waals surface area contributed by atoms with Crippen LogP contribution in [0.3, 0.4) is 0 Å². The Labute approximate surface area is 211 Å². The van der Waals surface area contributed by atoms with Crippen LogP contribution in [0.2, 0.25) is 0 Å². The SMILES string of the molecule is C=CCCC(C)(C(=O)NC(C)(C)C)C1CCN(C2CCCc3cc(C)ccc32)CC1.CC.CC. The van der Waals surface area contributed by atoms with E-state index in [-0.39, 0.29) is 16.9 Å². The first-order chi connectivity index (χ1) is 16.1. The molecule has 2 unspecified atom stereocenters. The number of piperidine rings is 1. The van der Waals surface area contributed by atoms with Gasteiger partial charge in [-0.15, -0.1) is 6.58 Å². The monoisotopic (exact) mass is 470 g/mol. The van der Waals surface area contributed by atoms with E-state index in [1.165, 1.54) is 24.8 Å². The standard InChI is InChI=1S/C27H42N2O.2C2H6/c1-7-8-16-27(6,25(30)28-26(3,4)5)22-14-17-29(18-15-22)24-11-9-10-21-19-20(2)12-13-23(21)24;2*1-2/h7,12-13,19,22,24H,1,8-11,14-18H2,2-6H3,(H,28,30);2*1-2H3. The number of allylic oxidation sites excluding steroid dienone is 1. The molecular weight excluding hydrogens is 416 g/mol. The number of likely N-dealkylation sites (tertiary alicyclic amines) is 1. The number of carbonyl (C=O) groups excluding carboxylic acids is 1. The summed E-state index contributed by atoms with van der Waals surface area (Å²) in [6, 6.07) is 7.58. The van der Waals surface area contributed by atoms with Crippen molar-refractivity contribution in [2.24, 2.45) is 11.3 Å². The lowest BCUT2D eigenvalue weighted by Gasteiger charge is -2.45. The van der Waals surface area contributed by atoms with Gasteiger partial charge in [0.2, 0.25) is 5.91 Å². The summed E-state index contributed by atoms with van der Waals surface area (Å²) in [6.45, 7) is 24.7. The van der Waals surface area contributed by atoms with E-state index in [1.54, 1.807) is 11.1 Å². The number of nitrogens with zero attached hydrogens (tertiary/aromatic N) is 1. The molecule has 1 aromatic carbocycles. The van der Waals surface area contributed by atoms with Gasteiger partial charge in [-0.2, -0.15) is 0 Å². The highest BCUT2D eigenvalue weighted by atomic mass is 16.2. The van der Waals surface area contributed by atoms with Crippen LogP contribution in [0.4, 0.5) is 0 Å². The van der Waals surface area contributed by atoms with E-state index in [0.717, 1.165) is 38.8 Å². The molecule has 0 aromatic heterocycles. The molecule has 2 atom stereocenters. The average molecular weight is 471 g/mol. The van der Waals surface area contributed by atoms with E-state index in [1.807, 2.05) is 33.8 Å². The molecule has 194 valence electrons. The highest BCUT2D eigenvalue weighted by Crippen LogP contribution is 2.43. The Bertz CT molecular complexity index is 755. The summed E-state index contributed by atoms with van der Waals surface area (Å²) >= 11 is 0. The Morgan fingerprint density at radius 3 is 2.26 bits per heavy atom. The number of hydrogen-bond donors (Lipinski definition) is 1. The van der Waals surface area contributed by atoms with Gasteiger partial charge >= 0.3 is 0 Å². The highest BCUT2D eigenvalue weighted by Gasteiger charge is 2.43. The number of nitrogens with one attached hydrogen (secondary N) is 1. The highest BCUT2D eigenvalue weighted by molar-refractivity contribution is 5.83. The smallest absolute Gasteiger partial charge is 0.226 e. The van der Waals surface area contributed by atoms with Crippen LogP contribution in [-0.2, 0) is 11.2 Å². The van der Waals surface area contributed by atoms with Gasteiger partial charge < -0.3 is 5.32 Å². The van der Waals surface area contributed by atoms with Crippen molar-refractivity contribution in [3.8, 4) is 0 Å². The van der Waals surface area contributed by atoms with Crippen LogP contribution < -0.4 is 5.32 Å². The molecule has 3 rings (SSSR count). The number of benzene rings is 1. The third-order valence-corrected chi connectivity index (χ3v) is 7.33. The fourth-order valence-electron chi connectivity index (χ4n) is 5.53. The summed E-state index contributed by atoms with van der Waals surface area (Å²) in [6.07, 6.45) is 9.70. The Morgan fingerprint density at radius 2 is 1.71 bits per heavy atom. The maximum Gasteiger partial charge on any atom is 0.226 e. The maximum atomic E-state index is 13.3. The summed E-state index contributed by atoms with van der Waals surface area (Å²) in [5.41, 5.74) is 3.95. The van der Waals surface area contributed by atoms with E-state index < -0.39 is 0 Å². The summed E-state index contributed by atoms with van der Waals surface area (Å²) in [5, 5.41) is 3.27. The second-order valence-corrected chi connectivity index (χ2v) is 10.9. The fourth-order valence-corrected chi connectivity index (χ4v) is 5.53. The molecule has 1 aromatic rings. The van der Waals surface area contributed by atoms with Gasteiger partial charge in [0.05, 0.1) is 0 Å². The van der Waals surface area contributed by atoms with Crippen molar-refractivity contribution in [3.05, 3.63) is 47.5 Å². The van der Waals surface area contributed by atoms with Gasteiger partial charge in [0.25, 0.3) is 0 Å². The molecule has 1 fully saturated rings. The van der Waals surface area contributed by atoms with Gasteiger partial charge in [-0.25, -0.2) is 0 Å². The first-order valence-electron chi connectivity index (χ1n) is 13.9. The van der Waals surface area contributed by atoms with E-state index in [9.17, 15) is 4.79 Å². The molecule has 0 radical (unpaired) electrons. The van der Waals surface area contributed by atoms with Gasteiger partial charge in [0, 0.05) is 17.0 Å².